The molecule has 3 heteroatoms. The van der Waals surface area contributed by atoms with E-state index in [0.717, 1.165) is 12.0 Å². The number of hydrogen-bond acceptors (Lipinski definition) is 1. The van der Waals surface area contributed by atoms with Gasteiger partial charge in [0, 0.05) is 29.7 Å². The summed E-state index contributed by atoms with van der Waals surface area (Å²) in [5, 5.41) is 4.21. The van der Waals surface area contributed by atoms with Gasteiger partial charge in [0.25, 0.3) is 0 Å². The third-order valence-electron chi connectivity index (χ3n) is 3.89. The summed E-state index contributed by atoms with van der Waals surface area (Å²) in [5.74, 6) is 0.105. The average Bonchev–Trinajstić information content (AvgIpc) is 2.64. The molecule has 102 valence electrons. The van der Waals surface area contributed by atoms with Gasteiger partial charge in [-0.15, -0.1) is 0 Å². The monoisotopic (exact) mass is 258 g/mol. The summed E-state index contributed by atoms with van der Waals surface area (Å²) in [6.07, 6.45) is 1.41. The molecule has 0 fully saturated rings. The van der Waals surface area contributed by atoms with Crippen molar-refractivity contribution >= 4 is 16.8 Å². The third kappa shape index (κ3) is 2.65. The van der Waals surface area contributed by atoms with Crippen LogP contribution in [-0.4, -0.2) is 16.5 Å². The van der Waals surface area contributed by atoms with Crippen LogP contribution in [0.2, 0.25) is 0 Å². The molecule has 1 aromatic carbocycles. The molecule has 0 saturated carbocycles. The number of aryl methyl sites for hydroxylation is 1. The molecule has 2 aromatic rings. The van der Waals surface area contributed by atoms with Crippen LogP contribution in [-0.2, 0) is 18.3 Å². The lowest BCUT2D eigenvalue weighted by Crippen LogP contribution is -2.33. The Hall–Kier alpha value is -1.77. The van der Waals surface area contributed by atoms with E-state index in [0.29, 0.717) is 6.42 Å². The molecule has 0 aliphatic carbocycles. The molecule has 0 bridgehead atoms. The average molecular weight is 258 g/mol. The second kappa shape index (κ2) is 5.47. The van der Waals surface area contributed by atoms with Crippen molar-refractivity contribution in [2.75, 3.05) is 0 Å². The Labute approximate surface area is 114 Å². The summed E-state index contributed by atoms with van der Waals surface area (Å²) in [6.45, 7) is 6.19. The highest BCUT2D eigenvalue weighted by Gasteiger charge is 2.15. The Morgan fingerprint density at radius 3 is 2.74 bits per heavy atom. The van der Waals surface area contributed by atoms with Gasteiger partial charge in [-0.3, -0.25) is 4.79 Å². The lowest BCUT2D eigenvalue weighted by molar-refractivity contribution is -0.121. The number of amides is 1. The zero-order valence-electron chi connectivity index (χ0n) is 12.2. The van der Waals surface area contributed by atoms with E-state index in [1.165, 1.54) is 16.6 Å². The molecule has 1 atom stereocenters. The molecule has 1 heterocycles. The molecule has 1 N–H and O–H groups in total. The van der Waals surface area contributed by atoms with Gasteiger partial charge in [-0.05, 0) is 31.9 Å². The number of benzene rings is 1. The Morgan fingerprint density at radius 1 is 1.37 bits per heavy atom. The van der Waals surface area contributed by atoms with Crippen molar-refractivity contribution in [3.8, 4) is 0 Å². The first-order chi connectivity index (χ1) is 9.04. The van der Waals surface area contributed by atoms with Crippen molar-refractivity contribution in [3.63, 3.8) is 0 Å². The summed E-state index contributed by atoms with van der Waals surface area (Å²) < 4.78 is 2.15. The van der Waals surface area contributed by atoms with E-state index in [1.807, 2.05) is 26.1 Å². The summed E-state index contributed by atoms with van der Waals surface area (Å²) in [4.78, 5) is 12.1. The van der Waals surface area contributed by atoms with E-state index in [2.05, 4.69) is 35.9 Å². The van der Waals surface area contributed by atoms with E-state index in [4.69, 9.17) is 0 Å². The van der Waals surface area contributed by atoms with Crippen LogP contribution in [0.5, 0.6) is 0 Å². The molecule has 1 unspecified atom stereocenters. The van der Waals surface area contributed by atoms with Gasteiger partial charge in [-0.25, -0.2) is 0 Å². The maximum absolute atomic E-state index is 12.1. The van der Waals surface area contributed by atoms with Crippen molar-refractivity contribution in [1.29, 1.82) is 0 Å². The molecular formula is C16H22N2O. The fourth-order valence-electron chi connectivity index (χ4n) is 2.41. The van der Waals surface area contributed by atoms with Gasteiger partial charge < -0.3 is 9.88 Å². The largest absolute Gasteiger partial charge is 0.353 e. The van der Waals surface area contributed by atoms with Crippen LogP contribution in [0.3, 0.4) is 0 Å². The summed E-state index contributed by atoms with van der Waals surface area (Å²) >= 11 is 0. The van der Waals surface area contributed by atoms with Crippen molar-refractivity contribution in [1.82, 2.24) is 9.88 Å². The number of aromatic nitrogens is 1. The molecule has 0 saturated heterocycles. The number of hydrogen-bond donors (Lipinski definition) is 1. The van der Waals surface area contributed by atoms with Gasteiger partial charge in [0.05, 0.1) is 6.42 Å². The lowest BCUT2D eigenvalue weighted by atomic mass is 10.1. The highest BCUT2D eigenvalue weighted by Crippen LogP contribution is 2.25. The van der Waals surface area contributed by atoms with Crippen LogP contribution < -0.4 is 5.32 Å². The van der Waals surface area contributed by atoms with Crippen LogP contribution >= 0.6 is 0 Å². The predicted molar refractivity (Wildman–Crippen MR) is 79.3 cm³/mol. The van der Waals surface area contributed by atoms with Gasteiger partial charge in [0.1, 0.15) is 0 Å². The molecule has 0 spiro atoms. The minimum atomic E-state index is 0.105. The topological polar surface area (TPSA) is 34.0 Å². The van der Waals surface area contributed by atoms with Crippen molar-refractivity contribution in [3.05, 3.63) is 35.5 Å². The molecule has 1 amide bonds. The van der Waals surface area contributed by atoms with Crippen molar-refractivity contribution in [2.45, 2.75) is 39.7 Å². The van der Waals surface area contributed by atoms with E-state index in [9.17, 15) is 4.79 Å². The van der Waals surface area contributed by atoms with Crippen LogP contribution in [0, 0.1) is 6.92 Å². The van der Waals surface area contributed by atoms with Gasteiger partial charge in [0.15, 0.2) is 0 Å². The first-order valence-electron chi connectivity index (χ1n) is 6.86. The zero-order valence-corrected chi connectivity index (χ0v) is 12.2. The Bertz CT molecular complexity index is 598. The number of carbonyl (C=O) groups excluding carboxylic acids is 1. The molecule has 0 aliphatic heterocycles. The fraction of sp³-hybridized carbons (Fsp3) is 0.438. The van der Waals surface area contributed by atoms with Crippen LogP contribution in [0.25, 0.3) is 10.9 Å². The number of nitrogens with one attached hydrogen (secondary N) is 1. The zero-order chi connectivity index (χ0) is 14.0. The number of fused-ring (bicyclic) bond motifs is 1. The smallest absolute Gasteiger partial charge is 0.224 e. The van der Waals surface area contributed by atoms with Gasteiger partial charge >= 0.3 is 0 Å². The molecular weight excluding hydrogens is 236 g/mol. The van der Waals surface area contributed by atoms with Gasteiger partial charge in [-0.1, -0.05) is 25.1 Å². The number of carbonyl (C=O) groups is 1. The SMILES string of the molecule is CCC(C)NC(=O)Cc1c(C)n(C)c2ccccc12. The highest BCUT2D eigenvalue weighted by molar-refractivity contribution is 5.90. The van der Waals surface area contributed by atoms with Crippen molar-refractivity contribution < 1.29 is 4.79 Å². The van der Waals surface area contributed by atoms with Gasteiger partial charge in [0.2, 0.25) is 5.91 Å². The molecule has 3 nitrogen and oxygen atoms in total. The van der Waals surface area contributed by atoms with Crippen LogP contribution in [0.4, 0.5) is 0 Å². The first kappa shape index (κ1) is 13.7. The second-order valence-corrected chi connectivity index (χ2v) is 5.19. The maximum atomic E-state index is 12.1. The van der Waals surface area contributed by atoms with E-state index in [1.54, 1.807) is 0 Å². The third-order valence-corrected chi connectivity index (χ3v) is 3.89. The minimum absolute atomic E-state index is 0.105. The summed E-state index contributed by atoms with van der Waals surface area (Å²) in [5.41, 5.74) is 3.49. The number of para-hydroxylation sites is 1. The lowest BCUT2D eigenvalue weighted by Gasteiger charge is -2.11. The maximum Gasteiger partial charge on any atom is 0.224 e. The summed E-state index contributed by atoms with van der Waals surface area (Å²) in [7, 11) is 2.05. The Balaban J connectivity index is 2.30. The molecule has 1 aromatic heterocycles. The highest BCUT2D eigenvalue weighted by atomic mass is 16.1. The normalized spacial score (nSPS) is 12.6. The molecule has 2 rings (SSSR count). The van der Waals surface area contributed by atoms with Crippen molar-refractivity contribution in [2.24, 2.45) is 7.05 Å². The molecule has 0 aliphatic rings. The number of nitrogens with zero attached hydrogens (tertiary/aromatic N) is 1. The van der Waals surface area contributed by atoms with E-state index >= 15 is 0 Å². The first-order valence-corrected chi connectivity index (χ1v) is 6.86. The molecule has 0 radical (unpaired) electrons. The van der Waals surface area contributed by atoms with Gasteiger partial charge in [-0.2, -0.15) is 0 Å². The number of rotatable bonds is 4. The minimum Gasteiger partial charge on any atom is -0.353 e. The summed E-state index contributed by atoms with van der Waals surface area (Å²) in [6, 6.07) is 8.48. The quantitative estimate of drug-likeness (QED) is 0.899. The fourth-order valence-corrected chi connectivity index (χ4v) is 2.41. The second-order valence-electron chi connectivity index (χ2n) is 5.19. The Kier molecular flexibility index (Phi) is 3.93. The standard InChI is InChI=1S/C16H22N2O/c1-5-11(2)17-16(19)10-14-12(3)18(4)15-9-7-6-8-13(14)15/h6-9,11H,5,10H2,1-4H3,(H,17,19). The van der Waals surface area contributed by atoms with E-state index < -0.39 is 0 Å². The molecule has 19 heavy (non-hydrogen) atoms. The predicted octanol–water partition coefficient (Wildman–Crippen LogP) is 2.94. The van der Waals surface area contributed by atoms with Crippen LogP contribution in [0.15, 0.2) is 24.3 Å². The van der Waals surface area contributed by atoms with Crippen LogP contribution in [0.1, 0.15) is 31.5 Å². The Morgan fingerprint density at radius 2 is 2.05 bits per heavy atom. The van der Waals surface area contributed by atoms with E-state index in [-0.39, 0.29) is 11.9 Å².